The Kier molecular flexibility index (Phi) is 109. The maximum Gasteiger partial charge on any atom is 2.00 e. The van der Waals surface area contributed by atoms with Crippen LogP contribution in [0.25, 0.3) is 0 Å². The summed E-state index contributed by atoms with van der Waals surface area (Å²) in [6.07, 6.45) is 0. The van der Waals surface area contributed by atoms with E-state index < -0.39 is 10.2 Å². The van der Waals surface area contributed by atoms with Crippen LogP contribution in [0.2, 0.25) is 0 Å². The van der Waals surface area contributed by atoms with E-state index in [1.807, 2.05) is 0 Å². The van der Waals surface area contributed by atoms with Crippen molar-refractivity contribution in [2.24, 2.45) is 0 Å². The summed E-state index contributed by atoms with van der Waals surface area (Å²) in [5.41, 5.74) is 0. The van der Waals surface area contributed by atoms with Crippen LogP contribution in [0, 0.1) is 30.6 Å². The maximum atomic E-state index is 8.25. The predicted octanol–water partition coefficient (Wildman–Crippen LogP) is -3.33. The Labute approximate surface area is 94.7 Å². The molecule has 12 heavy (non-hydrogen) atoms. The van der Waals surface area contributed by atoms with Gasteiger partial charge < -0.3 is 47.1 Å². The third-order valence-electron chi connectivity index (χ3n) is 0. The van der Waals surface area contributed by atoms with Crippen molar-refractivity contribution in [3.63, 3.8) is 0 Å². The minimum absolute atomic E-state index is 0. The van der Waals surface area contributed by atoms with E-state index in [1.165, 1.54) is 0 Å². The van der Waals surface area contributed by atoms with Crippen molar-refractivity contribution in [2.45, 2.75) is 0 Å². The van der Waals surface area contributed by atoms with Crippen molar-refractivity contribution in [3.05, 3.63) is 30.6 Å². The molecule has 6 N–H and O–H groups in total. The Balaban J connectivity index is -0.0000000112. The Hall–Kier alpha value is -0.460. The second kappa shape index (κ2) is 31.3. The number of nitrogens with zero attached hydrogens (tertiary/aromatic N) is 2. The van der Waals surface area contributed by atoms with Crippen LogP contribution < -0.4 is 0 Å². The van der Waals surface area contributed by atoms with E-state index in [-0.39, 0.29) is 54.2 Å². The van der Waals surface area contributed by atoms with E-state index in [9.17, 15) is 0 Å². The zero-order valence-electron chi connectivity index (χ0n) is 5.55. The van der Waals surface area contributed by atoms with E-state index in [0.29, 0.717) is 0 Å². The summed E-state index contributed by atoms with van der Waals surface area (Å²) in [5, 5.41) is 29.5. The molecule has 72 valence electrons. The first-order valence-electron chi connectivity index (χ1n) is 1.10. The van der Waals surface area contributed by atoms with E-state index in [2.05, 4.69) is 0 Å². The average molecular weight is 218 g/mol. The molecule has 0 aromatic carbocycles. The molecule has 0 aliphatic carbocycles. The van der Waals surface area contributed by atoms with Crippen molar-refractivity contribution in [3.8, 4) is 0 Å². The van der Waals surface area contributed by atoms with Crippen molar-refractivity contribution >= 4 is 37.7 Å². The van der Waals surface area contributed by atoms with Crippen molar-refractivity contribution in [1.82, 2.24) is 0 Å². The fourth-order valence-electron chi connectivity index (χ4n) is 0. The quantitative estimate of drug-likeness (QED) is 0.229. The smallest absolute Gasteiger partial charge is 0.412 e. The molecule has 0 radical (unpaired) electrons. The third-order valence-corrected chi connectivity index (χ3v) is 0. The summed E-state index contributed by atoms with van der Waals surface area (Å²) >= 11 is 0. The van der Waals surface area contributed by atoms with E-state index in [4.69, 9.17) is 30.6 Å². The van der Waals surface area contributed by atoms with Gasteiger partial charge in [-0.25, -0.2) is 0 Å². The van der Waals surface area contributed by atoms with Crippen LogP contribution in [0.3, 0.4) is 0 Å². The second-order valence-electron chi connectivity index (χ2n) is 0.447. The first-order chi connectivity index (χ1) is 3.46. The number of hydrogen-bond acceptors (Lipinski definition) is 6. The van der Waals surface area contributed by atoms with Gasteiger partial charge >= 0.3 is 37.7 Å². The topological polar surface area (TPSA) is 227 Å². The largest absolute Gasteiger partial charge is 2.00 e. The first-order valence-corrected chi connectivity index (χ1v) is 1.10. The van der Waals surface area contributed by atoms with Gasteiger partial charge in [0.25, 0.3) is 0 Å². The third kappa shape index (κ3) is 3280. The normalized spacial score (nSPS) is 4.00. The van der Waals surface area contributed by atoms with Gasteiger partial charge in [0.15, 0.2) is 0 Å². The number of rotatable bonds is 0. The van der Waals surface area contributed by atoms with Crippen molar-refractivity contribution in [2.75, 3.05) is 0 Å². The standard InChI is InChI=1S/Ca.2NO3.3H2O/c;2*2-1(3)4;;;/h;;;3*1H2/q+2;2*-1;;;. The molecule has 0 aliphatic rings. The van der Waals surface area contributed by atoms with Crippen LogP contribution in [0.4, 0.5) is 0 Å². The van der Waals surface area contributed by atoms with Crippen molar-refractivity contribution in [1.29, 1.82) is 0 Å². The van der Waals surface area contributed by atoms with Gasteiger partial charge in [0, 0.05) is 0 Å². The summed E-state index contributed by atoms with van der Waals surface area (Å²) in [6.45, 7) is 0. The van der Waals surface area contributed by atoms with Crippen LogP contribution in [0.15, 0.2) is 0 Å². The number of hydrogen-bond donors (Lipinski definition) is 0. The predicted molar refractivity (Wildman–Crippen MR) is 37.3 cm³/mol. The molecule has 0 fully saturated rings. The summed E-state index contributed by atoms with van der Waals surface area (Å²) in [7, 11) is 0. The molecule has 0 aromatic rings. The van der Waals surface area contributed by atoms with Gasteiger partial charge in [0.2, 0.25) is 0 Å². The fourth-order valence-corrected chi connectivity index (χ4v) is 0. The molecule has 0 atom stereocenters. The fraction of sp³-hybridized carbons (Fsp3) is 0. The Morgan fingerprint density at radius 2 is 0.667 bits per heavy atom. The van der Waals surface area contributed by atoms with Crippen LogP contribution in [-0.4, -0.2) is 64.3 Å². The molecule has 0 saturated heterocycles. The van der Waals surface area contributed by atoms with Gasteiger partial charge in [-0.15, -0.1) is 0 Å². The van der Waals surface area contributed by atoms with Gasteiger partial charge in [-0.05, 0) is 0 Å². The van der Waals surface area contributed by atoms with E-state index >= 15 is 0 Å². The summed E-state index contributed by atoms with van der Waals surface area (Å²) in [5.74, 6) is 0. The van der Waals surface area contributed by atoms with Gasteiger partial charge in [-0.1, -0.05) is 0 Å². The van der Waals surface area contributed by atoms with Crippen LogP contribution in [0.5, 0.6) is 0 Å². The molecule has 0 unspecified atom stereocenters. The molecule has 12 heteroatoms. The molecule has 0 spiro atoms. The monoisotopic (exact) mass is 218 g/mol. The maximum absolute atomic E-state index is 8.25. The van der Waals surface area contributed by atoms with E-state index in [0.717, 1.165) is 0 Å². The molecular weight excluding hydrogens is 212 g/mol. The van der Waals surface area contributed by atoms with Gasteiger partial charge in [-0.2, -0.15) is 0 Å². The van der Waals surface area contributed by atoms with Gasteiger partial charge in [0.05, 0.1) is 10.2 Å². The summed E-state index contributed by atoms with van der Waals surface area (Å²) in [6, 6.07) is 0. The molecule has 11 nitrogen and oxygen atoms in total. The zero-order valence-corrected chi connectivity index (χ0v) is 7.76. The Bertz CT molecular complexity index is 70.5. The molecule has 0 aliphatic heterocycles. The minimum Gasteiger partial charge on any atom is -0.412 e. The average Bonchev–Trinajstić information content (AvgIpc) is 1.25. The summed E-state index contributed by atoms with van der Waals surface area (Å²) < 4.78 is 0. The second-order valence-corrected chi connectivity index (χ2v) is 0.447. The molecule has 0 saturated carbocycles. The van der Waals surface area contributed by atoms with Gasteiger partial charge in [0.1, 0.15) is 0 Å². The first kappa shape index (κ1) is 41.8. The Morgan fingerprint density at radius 3 is 0.667 bits per heavy atom. The minimum atomic E-state index is -1.75. The zero-order chi connectivity index (χ0) is 7.15. The van der Waals surface area contributed by atoms with Gasteiger partial charge in [-0.3, -0.25) is 0 Å². The molecule has 0 bridgehead atoms. The molecule has 0 amide bonds. The van der Waals surface area contributed by atoms with Crippen molar-refractivity contribution < 1.29 is 26.6 Å². The molecular formula is H6CaN2O9. The SMILES string of the molecule is O.O.O.O=[N+]([O-])[O-].O=[N+]([O-])[O-].[Ca+2]. The molecule has 0 rings (SSSR count). The Morgan fingerprint density at radius 1 is 0.667 bits per heavy atom. The van der Waals surface area contributed by atoms with E-state index in [1.54, 1.807) is 0 Å². The summed E-state index contributed by atoms with van der Waals surface area (Å²) in [4.78, 5) is 16.5. The molecule has 0 aromatic heterocycles. The molecule has 0 heterocycles. The van der Waals surface area contributed by atoms with Crippen LogP contribution in [0.1, 0.15) is 0 Å². The van der Waals surface area contributed by atoms with Crippen LogP contribution >= 0.6 is 0 Å². The van der Waals surface area contributed by atoms with Crippen LogP contribution in [-0.2, 0) is 0 Å².